The summed E-state index contributed by atoms with van der Waals surface area (Å²) in [5, 5.41) is 18.4. The van der Waals surface area contributed by atoms with E-state index >= 15 is 0 Å². The number of hydrogen-bond donors (Lipinski definition) is 1. The minimum absolute atomic E-state index is 0.169. The van der Waals surface area contributed by atoms with Crippen molar-refractivity contribution < 1.29 is 4.74 Å². The molecule has 0 bridgehead atoms. The first kappa shape index (κ1) is 16.0. The highest BCUT2D eigenvalue weighted by Crippen LogP contribution is 2.32. The van der Waals surface area contributed by atoms with Crippen LogP contribution in [0.2, 0.25) is 0 Å². The van der Waals surface area contributed by atoms with Crippen LogP contribution in [0.5, 0.6) is 5.75 Å². The van der Waals surface area contributed by atoms with Crippen molar-refractivity contribution in [1.29, 1.82) is 10.5 Å². The van der Waals surface area contributed by atoms with Gasteiger partial charge in [0.2, 0.25) is 0 Å². The molecule has 1 heterocycles. The molecule has 0 aliphatic rings. The number of rotatable bonds is 3. The molecule has 0 unspecified atom stereocenters. The lowest BCUT2D eigenvalue weighted by Crippen LogP contribution is -2.00. The van der Waals surface area contributed by atoms with Gasteiger partial charge in [-0.2, -0.15) is 10.5 Å². The zero-order chi connectivity index (χ0) is 17.8. The smallest absolute Gasteiger partial charge is 0.142 e. The van der Waals surface area contributed by atoms with Crippen molar-refractivity contribution in [2.75, 3.05) is 12.8 Å². The number of nitrogen functional groups attached to an aromatic ring is 1. The van der Waals surface area contributed by atoms with Gasteiger partial charge in [-0.25, -0.2) is 4.98 Å². The molecule has 0 aliphatic carbocycles. The third-order valence-electron chi connectivity index (χ3n) is 3.85. The standard InChI is InChI=1S/C20H14N4O/c1-25-16-4-2-3-15(9-16)19-10-17(18(12-22)20(23)24-19)14-7-5-13(11-21)6-8-14/h2-10H,1H3,(H2,23,24). The van der Waals surface area contributed by atoms with E-state index in [1.807, 2.05) is 30.3 Å². The molecule has 0 fully saturated rings. The number of aromatic nitrogens is 1. The maximum absolute atomic E-state index is 9.46. The van der Waals surface area contributed by atoms with E-state index in [-0.39, 0.29) is 5.82 Å². The lowest BCUT2D eigenvalue weighted by molar-refractivity contribution is 0.415. The molecule has 25 heavy (non-hydrogen) atoms. The van der Waals surface area contributed by atoms with Crippen LogP contribution in [0, 0.1) is 22.7 Å². The molecule has 120 valence electrons. The minimum atomic E-state index is 0.169. The Hall–Kier alpha value is -3.83. The van der Waals surface area contributed by atoms with Gasteiger partial charge in [0, 0.05) is 11.1 Å². The van der Waals surface area contributed by atoms with Gasteiger partial charge in [-0.3, -0.25) is 0 Å². The van der Waals surface area contributed by atoms with Gasteiger partial charge in [-0.05, 0) is 35.9 Å². The molecule has 2 aromatic carbocycles. The average molecular weight is 326 g/mol. The predicted octanol–water partition coefficient (Wildman–Crippen LogP) is 3.75. The van der Waals surface area contributed by atoms with E-state index < -0.39 is 0 Å². The first-order chi connectivity index (χ1) is 12.2. The topological polar surface area (TPSA) is 95.7 Å². The van der Waals surface area contributed by atoms with Gasteiger partial charge in [-0.1, -0.05) is 24.3 Å². The monoisotopic (exact) mass is 326 g/mol. The molecule has 0 spiro atoms. The molecule has 0 saturated heterocycles. The maximum atomic E-state index is 9.46. The summed E-state index contributed by atoms with van der Waals surface area (Å²) in [6, 6.07) is 20.5. The number of hydrogen-bond acceptors (Lipinski definition) is 5. The summed E-state index contributed by atoms with van der Waals surface area (Å²) in [5.74, 6) is 0.879. The van der Waals surface area contributed by atoms with Crippen LogP contribution in [0.3, 0.4) is 0 Å². The van der Waals surface area contributed by atoms with Crippen molar-refractivity contribution in [3.8, 4) is 40.3 Å². The van der Waals surface area contributed by atoms with E-state index in [4.69, 9.17) is 15.7 Å². The lowest BCUT2D eigenvalue weighted by Gasteiger charge is -2.11. The second kappa shape index (κ2) is 6.74. The quantitative estimate of drug-likeness (QED) is 0.790. The number of anilines is 1. The summed E-state index contributed by atoms with van der Waals surface area (Å²) in [7, 11) is 1.60. The summed E-state index contributed by atoms with van der Waals surface area (Å²) >= 11 is 0. The molecule has 5 heteroatoms. The van der Waals surface area contributed by atoms with Crippen molar-refractivity contribution in [2.24, 2.45) is 0 Å². The molecule has 3 aromatic rings. The van der Waals surface area contributed by atoms with Gasteiger partial charge in [0.1, 0.15) is 23.2 Å². The number of methoxy groups -OCH3 is 1. The Bertz CT molecular complexity index is 1010. The Kier molecular flexibility index (Phi) is 4.32. The molecule has 1 aromatic heterocycles. The molecule has 3 rings (SSSR count). The van der Waals surface area contributed by atoms with Gasteiger partial charge < -0.3 is 10.5 Å². The lowest BCUT2D eigenvalue weighted by atomic mass is 9.97. The second-order valence-corrected chi connectivity index (χ2v) is 5.35. The van der Waals surface area contributed by atoms with E-state index in [0.717, 1.165) is 11.1 Å². The summed E-state index contributed by atoms with van der Waals surface area (Å²) in [6.45, 7) is 0. The molecule has 5 nitrogen and oxygen atoms in total. The van der Waals surface area contributed by atoms with Crippen LogP contribution in [0.4, 0.5) is 5.82 Å². The number of ether oxygens (including phenoxy) is 1. The van der Waals surface area contributed by atoms with E-state index in [0.29, 0.717) is 28.1 Å². The molecule has 0 saturated carbocycles. The van der Waals surface area contributed by atoms with Crippen LogP contribution in [0.25, 0.3) is 22.4 Å². The molecular formula is C20H14N4O. The summed E-state index contributed by atoms with van der Waals surface area (Å²) in [6.07, 6.45) is 0. The van der Waals surface area contributed by atoms with Crippen molar-refractivity contribution in [2.45, 2.75) is 0 Å². The third-order valence-corrected chi connectivity index (χ3v) is 3.85. The van der Waals surface area contributed by atoms with E-state index in [1.54, 1.807) is 31.4 Å². The maximum Gasteiger partial charge on any atom is 0.142 e. The Morgan fingerprint density at radius 1 is 0.960 bits per heavy atom. The SMILES string of the molecule is COc1cccc(-c2cc(-c3ccc(C#N)cc3)c(C#N)c(N)n2)c1. The zero-order valence-corrected chi connectivity index (χ0v) is 13.5. The summed E-state index contributed by atoms with van der Waals surface area (Å²) in [4.78, 5) is 4.36. The molecule has 2 N–H and O–H groups in total. The summed E-state index contributed by atoms with van der Waals surface area (Å²) < 4.78 is 5.25. The Labute approximate surface area is 145 Å². The fourth-order valence-electron chi connectivity index (χ4n) is 2.56. The van der Waals surface area contributed by atoms with Crippen LogP contribution in [0.1, 0.15) is 11.1 Å². The molecule has 0 radical (unpaired) electrons. The molecular weight excluding hydrogens is 312 g/mol. The Balaban J connectivity index is 2.18. The average Bonchev–Trinajstić information content (AvgIpc) is 2.67. The van der Waals surface area contributed by atoms with Crippen LogP contribution in [-0.2, 0) is 0 Å². The highest BCUT2D eigenvalue weighted by Gasteiger charge is 2.14. The fourth-order valence-corrected chi connectivity index (χ4v) is 2.56. The number of pyridine rings is 1. The number of benzene rings is 2. The largest absolute Gasteiger partial charge is 0.497 e. The molecule has 0 amide bonds. The van der Waals surface area contributed by atoms with Crippen molar-refractivity contribution in [3.05, 3.63) is 65.7 Å². The number of nitrogens with two attached hydrogens (primary N) is 1. The van der Waals surface area contributed by atoms with E-state index in [9.17, 15) is 5.26 Å². The zero-order valence-electron chi connectivity index (χ0n) is 13.5. The van der Waals surface area contributed by atoms with E-state index in [1.165, 1.54) is 0 Å². The van der Waals surface area contributed by atoms with Crippen LogP contribution >= 0.6 is 0 Å². The summed E-state index contributed by atoms with van der Waals surface area (Å²) in [5.41, 5.74) is 9.85. The van der Waals surface area contributed by atoms with Crippen molar-refractivity contribution >= 4 is 5.82 Å². The van der Waals surface area contributed by atoms with Gasteiger partial charge in [0.05, 0.1) is 24.4 Å². The first-order valence-corrected chi connectivity index (χ1v) is 7.52. The van der Waals surface area contributed by atoms with Crippen molar-refractivity contribution in [1.82, 2.24) is 4.98 Å². The van der Waals surface area contributed by atoms with Gasteiger partial charge in [0.15, 0.2) is 0 Å². The number of nitriles is 2. The van der Waals surface area contributed by atoms with Crippen LogP contribution in [-0.4, -0.2) is 12.1 Å². The van der Waals surface area contributed by atoms with Crippen LogP contribution in [0.15, 0.2) is 54.6 Å². The predicted molar refractivity (Wildman–Crippen MR) is 95.5 cm³/mol. The van der Waals surface area contributed by atoms with Crippen LogP contribution < -0.4 is 10.5 Å². The highest BCUT2D eigenvalue weighted by atomic mass is 16.5. The highest BCUT2D eigenvalue weighted by molar-refractivity contribution is 5.80. The third kappa shape index (κ3) is 3.12. The first-order valence-electron chi connectivity index (χ1n) is 7.52. The molecule has 0 aliphatic heterocycles. The molecule has 0 atom stereocenters. The van der Waals surface area contributed by atoms with Gasteiger partial charge in [0.25, 0.3) is 0 Å². The Morgan fingerprint density at radius 2 is 1.72 bits per heavy atom. The minimum Gasteiger partial charge on any atom is -0.497 e. The van der Waals surface area contributed by atoms with Gasteiger partial charge in [-0.15, -0.1) is 0 Å². The normalized spacial score (nSPS) is 9.88. The van der Waals surface area contributed by atoms with Gasteiger partial charge >= 0.3 is 0 Å². The van der Waals surface area contributed by atoms with Crippen molar-refractivity contribution in [3.63, 3.8) is 0 Å². The second-order valence-electron chi connectivity index (χ2n) is 5.35. The fraction of sp³-hybridized carbons (Fsp3) is 0.0500. The Morgan fingerprint density at radius 3 is 2.36 bits per heavy atom. The number of nitrogens with zero attached hydrogens (tertiary/aromatic N) is 3. The van der Waals surface area contributed by atoms with E-state index in [2.05, 4.69) is 17.1 Å².